The number of ether oxygens (including phenoxy) is 1. The van der Waals surface area contributed by atoms with Crippen LogP contribution < -0.4 is 10.1 Å². The molecule has 2 aromatic rings. The summed E-state index contributed by atoms with van der Waals surface area (Å²) >= 11 is 0. The van der Waals surface area contributed by atoms with Gasteiger partial charge in [-0.2, -0.15) is 4.98 Å². The lowest BCUT2D eigenvalue weighted by atomic mass is 10.1. The lowest BCUT2D eigenvalue weighted by molar-refractivity contribution is -0.121. The summed E-state index contributed by atoms with van der Waals surface area (Å²) in [6.07, 6.45) is 2.92. The van der Waals surface area contributed by atoms with E-state index in [1.807, 2.05) is 31.2 Å². The van der Waals surface area contributed by atoms with E-state index < -0.39 is 0 Å². The summed E-state index contributed by atoms with van der Waals surface area (Å²) in [6, 6.07) is 7.53. The number of amides is 1. The zero-order chi connectivity index (χ0) is 18.1. The van der Waals surface area contributed by atoms with Crippen molar-refractivity contribution in [2.45, 2.75) is 46.5 Å². The maximum absolute atomic E-state index is 11.8. The highest BCUT2D eigenvalue weighted by Crippen LogP contribution is 2.20. The Morgan fingerprint density at radius 1 is 1.28 bits per heavy atom. The average Bonchev–Trinajstić information content (AvgIpc) is 3.07. The number of hydrogen-bond donors (Lipinski definition) is 1. The molecule has 25 heavy (non-hydrogen) atoms. The topological polar surface area (TPSA) is 77.2 Å². The van der Waals surface area contributed by atoms with E-state index in [0.29, 0.717) is 37.1 Å². The largest absolute Gasteiger partial charge is 0.494 e. The van der Waals surface area contributed by atoms with Crippen molar-refractivity contribution in [3.05, 3.63) is 30.2 Å². The van der Waals surface area contributed by atoms with Gasteiger partial charge in [0.1, 0.15) is 5.75 Å². The Bertz CT molecular complexity index is 650. The molecule has 0 aliphatic heterocycles. The van der Waals surface area contributed by atoms with Gasteiger partial charge in [-0.1, -0.05) is 19.0 Å². The third-order valence-electron chi connectivity index (χ3n) is 3.74. The van der Waals surface area contributed by atoms with Crippen molar-refractivity contribution >= 4 is 5.91 Å². The summed E-state index contributed by atoms with van der Waals surface area (Å²) < 4.78 is 10.6. The summed E-state index contributed by atoms with van der Waals surface area (Å²) in [6.45, 7) is 7.65. The number of carbonyl (C=O) groups excluding carboxylic acids is 1. The van der Waals surface area contributed by atoms with Gasteiger partial charge in [0.05, 0.1) is 6.61 Å². The van der Waals surface area contributed by atoms with Crippen molar-refractivity contribution < 1.29 is 14.1 Å². The van der Waals surface area contributed by atoms with E-state index in [-0.39, 0.29) is 5.91 Å². The van der Waals surface area contributed by atoms with Crippen LogP contribution in [0.4, 0.5) is 0 Å². The van der Waals surface area contributed by atoms with Crippen molar-refractivity contribution in [1.82, 2.24) is 15.5 Å². The molecule has 1 heterocycles. The Morgan fingerprint density at radius 3 is 2.72 bits per heavy atom. The Labute approximate surface area is 149 Å². The molecule has 0 bridgehead atoms. The highest BCUT2D eigenvalue weighted by molar-refractivity contribution is 5.75. The van der Waals surface area contributed by atoms with Gasteiger partial charge in [-0.3, -0.25) is 4.79 Å². The van der Waals surface area contributed by atoms with Gasteiger partial charge in [-0.05, 0) is 49.9 Å². The standard InChI is InChI=1S/C19H27N3O3/c1-4-24-16-9-7-15(8-10-16)19-21-18(25-22-19)12-11-17(23)20-13-5-6-14(2)3/h7-10,14H,4-6,11-13H2,1-3H3,(H,20,23). The molecular formula is C19H27N3O3. The summed E-state index contributed by atoms with van der Waals surface area (Å²) in [5, 5.41) is 6.90. The highest BCUT2D eigenvalue weighted by Gasteiger charge is 2.11. The number of aromatic nitrogens is 2. The molecular weight excluding hydrogens is 318 g/mol. The molecule has 1 aromatic carbocycles. The second kappa shape index (κ2) is 9.81. The summed E-state index contributed by atoms with van der Waals surface area (Å²) in [7, 11) is 0. The van der Waals surface area contributed by atoms with E-state index in [1.54, 1.807) is 0 Å². The number of nitrogens with zero attached hydrogens (tertiary/aromatic N) is 2. The SMILES string of the molecule is CCOc1ccc(-c2noc(CCC(=O)NCCCC(C)C)n2)cc1. The van der Waals surface area contributed by atoms with Crippen LogP contribution in [0, 0.1) is 5.92 Å². The van der Waals surface area contributed by atoms with Gasteiger partial charge in [-0.25, -0.2) is 0 Å². The van der Waals surface area contributed by atoms with Crippen molar-refractivity contribution in [3.63, 3.8) is 0 Å². The first kappa shape index (κ1) is 19.0. The second-order valence-electron chi connectivity index (χ2n) is 6.36. The molecule has 1 aromatic heterocycles. The van der Waals surface area contributed by atoms with E-state index in [2.05, 4.69) is 29.3 Å². The zero-order valence-electron chi connectivity index (χ0n) is 15.2. The van der Waals surface area contributed by atoms with Gasteiger partial charge in [-0.15, -0.1) is 0 Å². The fourth-order valence-electron chi connectivity index (χ4n) is 2.39. The molecule has 0 aliphatic rings. The molecule has 136 valence electrons. The molecule has 0 spiro atoms. The Hall–Kier alpha value is -2.37. The fraction of sp³-hybridized carbons (Fsp3) is 0.526. The Balaban J connectivity index is 1.78. The molecule has 0 unspecified atom stereocenters. The summed E-state index contributed by atoms with van der Waals surface area (Å²) in [4.78, 5) is 16.2. The maximum Gasteiger partial charge on any atom is 0.227 e. The first-order valence-electron chi connectivity index (χ1n) is 8.91. The second-order valence-corrected chi connectivity index (χ2v) is 6.36. The van der Waals surface area contributed by atoms with E-state index >= 15 is 0 Å². The van der Waals surface area contributed by atoms with E-state index in [4.69, 9.17) is 9.26 Å². The molecule has 2 rings (SSSR count). The van der Waals surface area contributed by atoms with Gasteiger partial charge in [0.2, 0.25) is 17.6 Å². The first-order chi connectivity index (χ1) is 12.1. The molecule has 0 saturated heterocycles. The van der Waals surface area contributed by atoms with Gasteiger partial charge < -0.3 is 14.6 Å². The number of carbonyl (C=O) groups is 1. The number of hydrogen-bond acceptors (Lipinski definition) is 5. The molecule has 0 aliphatic carbocycles. The fourth-order valence-corrected chi connectivity index (χ4v) is 2.39. The molecule has 6 heteroatoms. The molecule has 0 radical (unpaired) electrons. The van der Waals surface area contributed by atoms with Crippen LogP contribution in [0.3, 0.4) is 0 Å². The lowest BCUT2D eigenvalue weighted by Crippen LogP contribution is -2.24. The zero-order valence-corrected chi connectivity index (χ0v) is 15.2. The van der Waals surface area contributed by atoms with Crippen LogP contribution >= 0.6 is 0 Å². The van der Waals surface area contributed by atoms with Crippen LogP contribution in [0.2, 0.25) is 0 Å². The number of aryl methyl sites for hydroxylation is 1. The van der Waals surface area contributed by atoms with Crippen LogP contribution in [0.1, 0.15) is 45.9 Å². The van der Waals surface area contributed by atoms with E-state index in [1.165, 1.54) is 0 Å². The van der Waals surface area contributed by atoms with Crippen molar-refractivity contribution in [2.24, 2.45) is 5.92 Å². The van der Waals surface area contributed by atoms with Gasteiger partial charge in [0, 0.05) is 24.9 Å². The average molecular weight is 345 g/mol. The minimum Gasteiger partial charge on any atom is -0.494 e. The molecule has 0 saturated carbocycles. The van der Waals surface area contributed by atoms with Crippen LogP contribution in [0.15, 0.2) is 28.8 Å². The number of benzene rings is 1. The van der Waals surface area contributed by atoms with Crippen molar-refractivity contribution in [3.8, 4) is 17.1 Å². The summed E-state index contributed by atoms with van der Waals surface area (Å²) in [5.41, 5.74) is 0.858. The molecule has 1 amide bonds. The minimum absolute atomic E-state index is 0.0181. The van der Waals surface area contributed by atoms with Gasteiger partial charge in [0.25, 0.3) is 0 Å². The monoisotopic (exact) mass is 345 g/mol. The van der Waals surface area contributed by atoms with Gasteiger partial charge in [0.15, 0.2) is 0 Å². The minimum atomic E-state index is 0.0181. The third-order valence-corrected chi connectivity index (χ3v) is 3.74. The van der Waals surface area contributed by atoms with Gasteiger partial charge >= 0.3 is 0 Å². The van der Waals surface area contributed by atoms with Crippen LogP contribution in [-0.4, -0.2) is 29.2 Å². The van der Waals surface area contributed by atoms with E-state index in [9.17, 15) is 4.79 Å². The molecule has 6 nitrogen and oxygen atoms in total. The number of nitrogens with one attached hydrogen (secondary N) is 1. The highest BCUT2D eigenvalue weighted by atomic mass is 16.5. The smallest absolute Gasteiger partial charge is 0.227 e. The Kier molecular flexibility index (Phi) is 7.44. The molecule has 0 fully saturated rings. The quantitative estimate of drug-likeness (QED) is 0.666. The normalized spacial score (nSPS) is 10.9. The van der Waals surface area contributed by atoms with Crippen molar-refractivity contribution in [2.75, 3.05) is 13.2 Å². The first-order valence-corrected chi connectivity index (χ1v) is 8.91. The van der Waals surface area contributed by atoms with E-state index in [0.717, 1.165) is 30.7 Å². The molecule has 1 N–H and O–H groups in total. The predicted molar refractivity (Wildman–Crippen MR) is 96.3 cm³/mol. The Morgan fingerprint density at radius 2 is 2.04 bits per heavy atom. The maximum atomic E-state index is 11.8. The van der Waals surface area contributed by atoms with Crippen LogP contribution in [0.25, 0.3) is 11.4 Å². The predicted octanol–water partition coefficient (Wildman–Crippen LogP) is 3.62. The number of rotatable bonds is 10. The van der Waals surface area contributed by atoms with Crippen molar-refractivity contribution in [1.29, 1.82) is 0 Å². The van der Waals surface area contributed by atoms with Crippen LogP contribution in [0.5, 0.6) is 5.75 Å². The third kappa shape index (κ3) is 6.57. The summed E-state index contributed by atoms with van der Waals surface area (Å²) in [5.74, 6) is 2.49. The lowest BCUT2D eigenvalue weighted by Gasteiger charge is -2.05. The van der Waals surface area contributed by atoms with Crippen LogP contribution in [-0.2, 0) is 11.2 Å². The molecule has 0 atom stereocenters.